The van der Waals surface area contributed by atoms with Gasteiger partial charge < -0.3 is 15.0 Å². The fourth-order valence-electron chi connectivity index (χ4n) is 5.45. The predicted molar refractivity (Wildman–Crippen MR) is 177 cm³/mol. The number of rotatable bonds is 9. The molecule has 0 aliphatic carbocycles. The molecular weight excluding hydrogens is 613 g/mol. The summed E-state index contributed by atoms with van der Waals surface area (Å²) in [5.41, 5.74) is 6.00. The van der Waals surface area contributed by atoms with E-state index in [1.54, 1.807) is 11.8 Å². The van der Waals surface area contributed by atoms with E-state index in [1.807, 2.05) is 31.2 Å². The third-order valence-corrected chi connectivity index (χ3v) is 8.79. The minimum Gasteiger partial charge on any atom is -0.406 e. The Morgan fingerprint density at radius 1 is 1.09 bits per heavy atom. The monoisotopic (exact) mass is 650 g/mol. The number of aryl methyl sites for hydroxylation is 3. The molecule has 2 unspecified atom stereocenters. The van der Waals surface area contributed by atoms with Gasteiger partial charge in [0.1, 0.15) is 12.1 Å². The molecule has 4 aromatic rings. The number of nitrogens with zero attached hydrogens (tertiary/aromatic N) is 5. The van der Waals surface area contributed by atoms with Crippen molar-refractivity contribution in [3.8, 4) is 22.8 Å². The third-order valence-electron chi connectivity index (χ3n) is 7.80. The van der Waals surface area contributed by atoms with Crippen LogP contribution >= 0.6 is 11.8 Å². The van der Waals surface area contributed by atoms with E-state index in [0.717, 1.165) is 53.4 Å². The lowest BCUT2D eigenvalue weighted by molar-refractivity contribution is -0.274. The van der Waals surface area contributed by atoms with Gasteiger partial charge in [0.2, 0.25) is 0 Å². The number of urea groups is 1. The van der Waals surface area contributed by atoms with Gasteiger partial charge in [-0.05, 0) is 94.3 Å². The third kappa shape index (κ3) is 8.48. The minimum atomic E-state index is -4.74. The van der Waals surface area contributed by atoms with Gasteiger partial charge >= 0.3 is 12.4 Å². The van der Waals surface area contributed by atoms with Crippen LogP contribution in [0.25, 0.3) is 17.1 Å². The number of nitrogens with one attached hydrogen (secondary N) is 1. The topological polar surface area (TPSA) is 84.6 Å². The van der Waals surface area contributed by atoms with E-state index in [4.69, 9.17) is 0 Å². The first-order valence-electron chi connectivity index (χ1n) is 15.2. The number of benzene rings is 3. The fraction of sp³-hybridized carbons (Fsp3) is 0.353. The quantitative estimate of drug-likeness (QED) is 0.196. The van der Waals surface area contributed by atoms with Gasteiger partial charge in [0.15, 0.2) is 11.0 Å². The van der Waals surface area contributed by atoms with Crippen molar-refractivity contribution >= 4 is 28.6 Å². The summed E-state index contributed by atoms with van der Waals surface area (Å²) in [4.78, 5) is 24.0. The zero-order valence-corrected chi connectivity index (χ0v) is 27.0. The highest BCUT2D eigenvalue weighted by atomic mass is 32.2. The molecule has 0 radical (unpaired) electrons. The van der Waals surface area contributed by atoms with Crippen molar-refractivity contribution in [2.45, 2.75) is 71.8 Å². The van der Waals surface area contributed by atoms with Crippen LogP contribution in [0.5, 0.6) is 5.75 Å². The lowest BCUT2D eigenvalue weighted by Gasteiger charge is -2.37. The molecule has 0 spiro atoms. The number of hydrogen-bond acceptors (Lipinski definition) is 5. The van der Waals surface area contributed by atoms with Gasteiger partial charge in [0.05, 0.1) is 5.69 Å². The number of para-hydroxylation sites is 1. The number of carbonyl (C=O) groups excluding carboxylic acids is 1. The summed E-state index contributed by atoms with van der Waals surface area (Å²) < 4.78 is 42.7. The number of carbonyl (C=O) groups is 1. The van der Waals surface area contributed by atoms with Gasteiger partial charge in [-0.2, -0.15) is 4.99 Å². The molecule has 1 saturated heterocycles. The Balaban J connectivity index is 1.12. The number of ether oxygens (including phenoxy) is 1. The summed E-state index contributed by atoms with van der Waals surface area (Å²) in [7, 11) is 0. The number of aliphatic imine (C=N–C) groups is 1. The van der Waals surface area contributed by atoms with Crippen molar-refractivity contribution in [2.75, 3.05) is 10.7 Å². The number of halogens is 3. The zero-order valence-electron chi connectivity index (χ0n) is 26.2. The first kappa shape index (κ1) is 33.1. The Labute approximate surface area is 271 Å². The van der Waals surface area contributed by atoms with Gasteiger partial charge in [0.25, 0.3) is 0 Å². The summed E-state index contributed by atoms with van der Waals surface area (Å²) in [5, 5.41) is 8.25. The van der Waals surface area contributed by atoms with E-state index in [9.17, 15) is 18.0 Å². The SMILES string of the molecule is Cc1cccc(C)c1N1C(=NC(=O)NC(C)CCCc2ccc(-c3ncn(-c4ccc(OC(F)(F)F)cc4)n3)cc2)SCCC1C. The summed E-state index contributed by atoms with van der Waals surface area (Å²) in [5.74, 6) is 1.13. The molecular formula is C34H37F3N6O2S. The van der Waals surface area contributed by atoms with E-state index in [0.29, 0.717) is 11.5 Å². The van der Waals surface area contributed by atoms with E-state index < -0.39 is 6.36 Å². The normalized spacial score (nSPS) is 16.8. The molecule has 0 saturated carbocycles. The molecule has 1 aliphatic heterocycles. The smallest absolute Gasteiger partial charge is 0.406 e. The minimum absolute atomic E-state index is 0.0296. The molecule has 242 valence electrons. The molecule has 2 atom stereocenters. The second kappa shape index (κ2) is 14.4. The number of anilines is 1. The predicted octanol–water partition coefficient (Wildman–Crippen LogP) is 8.26. The number of aromatic nitrogens is 3. The highest BCUT2D eigenvalue weighted by Gasteiger charge is 2.31. The van der Waals surface area contributed by atoms with Crippen LogP contribution in [0.2, 0.25) is 0 Å². The number of amides is 2. The summed E-state index contributed by atoms with van der Waals surface area (Å²) >= 11 is 1.63. The van der Waals surface area contributed by atoms with Crippen molar-refractivity contribution in [1.29, 1.82) is 0 Å². The average Bonchev–Trinajstić information content (AvgIpc) is 3.49. The van der Waals surface area contributed by atoms with Crippen molar-refractivity contribution < 1.29 is 22.7 Å². The number of thioether (sulfide) groups is 1. The molecule has 5 rings (SSSR count). The Morgan fingerprint density at radius 3 is 2.46 bits per heavy atom. The van der Waals surface area contributed by atoms with Crippen LogP contribution in [0, 0.1) is 13.8 Å². The maximum absolute atomic E-state index is 12.9. The maximum Gasteiger partial charge on any atom is 0.573 e. The lowest BCUT2D eigenvalue weighted by atomic mass is 10.0. The maximum atomic E-state index is 12.9. The van der Waals surface area contributed by atoms with Crippen molar-refractivity contribution in [3.05, 3.63) is 89.7 Å². The second-order valence-electron chi connectivity index (χ2n) is 11.5. The van der Waals surface area contributed by atoms with Crippen molar-refractivity contribution in [3.63, 3.8) is 0 Å². The summed E-state index contributed by atoms with van der Waals surface area (Å²) in [6.07, 6.45) is 0.335. The molecule has 1 N–H and O–H groups in total. The van der Waals surface area contributed by atoms with Crippen molar-refractivity contribution in [1.82, 2.24) is 20.1 Å². The van der Waals surface area contributed by atoms with Gasteiger partial charge in [0, 0.05) is 29.1 Å². The molecule has 8 nitrogen and oxygen atoms in total. The molecule has 12 heteroatoms. The highest BCUT2D eigenvalue weighted by molar-refractivity contribution is 8.14. The molecule has 2 heterocycles. The average molecular weight is 651 g/mol. The van der Waals surface area contributed by atoms with Crippen molar-refractivity contribution in [2.24, 2.45) is 4.99 Å². The molecule has 46 heavy (non-hydrogen) atoms. The standard InChI is InChI=1S/C34H37F3N6O2S/c1-22-7-5-8-23(2)30(22)43-25(4)19-20-46-33(43)40-32(44)39-24(3)9-6-10-26-11-13-27(14-12-26)31-38-21-42(41-31)28-15-17-29(18-16-28)45-34(35,36)37/h5,7-8,11-18,21,24-25H,6,9-10,19-20H2,1-4H3,(H,39,44). The molecule has 1 aromatic heterocycles. The van der Waals surface area contributed by atoms with Crippen LogP contribution < -0.4 is 15.0 Å². The van der Waals surface area contributed by atoms with E-state index in [2.05, 4.69) is 69.0 Å². The van der Waals surface area contributed by atoms with E-state index in [-0.39, 0.29) is 23.9 Å². The fourth-order valence-corrected chi connectivity index (χ4v) is 6.65. The highest BCUT2D eigenvalue weighted by Crippen LogP contribution is 2.34. The first-order chi connectivity index (χ1) is 22.0. The molecule has 0 bridgehead atoms. The molecule has 1 fully saturated rings. The Hall–Kier alpha value is -4.32. The lowest BCUT2D eigenvalue weighted by Crippen LogP contribution is -2.43. The van der Waals surface area contributed by atoms with Crippen LogP contribution in [0.15, 0.2) is 78.0 Å². The van der Waals surface area contributed by atoms with E-state index in [1.165, 1.54) is 46.4 Å². The summed E-state index contributed by atoms with van der Waals surface area (Å²) in [6, 6.07) is 19.5. The first-order valence-corrected chi connectivity index (χ1v) is 16.2. The van der Waals surface area contributed by atoms with Crippen LogP contribution in [-0.4, -0.2) is 50.2 Å². The number of hydrogen-bond donors (Lipinski definition) is 1. The molecule has 3 aromatic carbocycles. The molecule has 2 amide bonds. The van der Waals surface area contributed by atoms with Gasteiger partial charge in [-0.1, -0.05) is 54.2 Å². The van der Waals surface area contributed by atoms with Crippen LogP contribution in [0.4, 0.5) is 23.7 Å². The van der Waals surface area contributed by atoms with Crippen LogP contribution in [0.3, 0.4) is 0 Å². The van der Waals surface area contributed by atoms with Gasteiger partial charge in [-0.3, -0.25) is 0 Å². The van der Waals surface area contributed by atoms with E-state index >= 15 is 0 Å². The van der Waals surface area contributed by atoms with Gasteiger partial charge in [-0.25, -0.2) is 14.5 Å². The van der Waals surface area contributed by atoms with Gasteiger partial charge in [-0.15, -0.1) is 18.3 Å². The number of alkyl halides is 3. The largest absolute Gasteiger partial charge is 0.573 e. The number of amidine groups is 1. The zero-order chi connectivity index (χ0) is 32.8. The molecule has 1 aliphatic rings. The Morgan fingerprint density at radius 2 is 1.78 bits per heavy atom. The second-order valence-corrected chi connectivity index (χ2v) is 12.5. The Bertz CT molecular complexity index is 1650. The van der Waals surface area contributed by atoms with Crippen LogP contribution in [0.1, 0.15) is 49.8 Å². The summed E-state index contributed by atoms with van der Waals surface area (Å²) in [6.45, 7) is 8.37. The Kier molecular flexibility index (Phi) is 10.4. The van der Waals surface area contributed by atoms with Crippen LogP contribution in [-0.2, 0) is 6.42 Å².